The highest BCUT2D eigenvalue weighted by molar-refractivity contribution is 6.30. The highest BCUT2D eigenvalue weighted by Crippen LogP contribution is 2.36. The molecule has 0 aliphatic heterocycles. The van der Waals surface area contributed by atoms with Gasteiger partial charge in [-0.3, -0.25) is 5.43 Å². The van der Waals surface area contributed by atoms with Crippen LogP contribution in [0.1, 0.15) is 30.5 Å². The van der Waals surface area contributed by atoms with Gasteiger partial charge in [-0.15, -0.1) is 0 Å². The molecule has 0 amide bonds. The monoisotopic (exact) mass is 405 g/mol. The molecule has 148 valence electrons. The lowest BCUT2D eigenvalue weighted by atomic mass is 10.2. The zero-order valence-electron chi connectivity index (χ0n) is 14.8. The molecular formula is C17H19ClF3N3O3. The molecule has 2 aromatic heterocycles. The number of nitrogens with zero attached hydrogens (tertiary/aromatic N) is 2. The first-order chi connectivity index (χ1) is 12.5. The number of ether oxygens (including phenoxy) is 1. The SMILES string of the molecule is Cc1c(C=COCC(C)C)c(O)n(Nc2ccc(C(F)(F)F)c(Cl)n2)c1O. The van der Waals surface area contributed by atoms with Crippen molar-refractivity contribution in [2.75, 3.05) is 12.0 Å². The van der Waals surface area contributed by atoms with Gasteiger partial charge < -0.3 is 14.9 Å². The molecule has 0 spiro atoms. The van der Waals surface area contributed by atoms with Crippen LogP contribution < -0.4 is 5.43 Å². The summed E-state index contributed by atoms with van der Waals surface area (Å²) in [5, 5.41) is 19.7. The van der Waals surface area contributed by atoms with Gasteiger partial charge in [0, 0.05) is 11.1 Å². The van der Waals surface area contributed by atoms with Gasteiger partial charge in [0.1, 0.15) is 11.0 Å². The maximum absolute atomic E-state index is 12.7. The molecule has 0 fully saturated rings. The Morgan fingerprint density at radius 2 is 1.96 bits per heavy atom. The Hall–Kier alpha value is -2.55. The molecule has 0 unspecified atom stereocenters. The molecule has 0 atom stereocenters. The Kier molecular flexibility index (Phi) is 6.15. The van der Waals surface area contributed by atoms with Crippen molar-refractivity contribution < 1.29 is 28.1 Å². The molecule has 2 heterocycles. The third-order valence-electron chi connectivity index (χ3n) is 3.54. The number of hydrogen-bond acceptors (Lipinski definition) is 5. The second-order valence-corrected chi connectivity index (χ2v) is 6.55. The first kappa shape index (κ1) is 20.8. The topological polar surface area (TPSA) is 79.5 Å². The van der Waals surface area contributed by atoms with Crippen molar-refractivity contribution in [3.8, 4) is 11.8 Å². The summed E-state index contributed by atoms with van der Waals surface area (Å²) in [7, 11) is 0. The zero-order chi connectivity index (χ0) is 20.4. The summed E-state index contributed by atoms with van der Waals surface area (Å²) < 4.78 is 44.4. The first-order valence-electron chi connectivity index (χ1n) is 7.94. The fourth-order valence-corrected chi connectivity index (χ4v) is 2.43. The number of aromatic hydroxyl groups is 2. The standard InChI is InChI=1S/C17H19ClF3N3O3/c1-9(2)8-27-7-6-11-10(3)15(25)24(16(11)26)23-13-5-4-12(14(18)22-13)17(19,20)21/h4-7,9,25-26H,8H2,1-3H3,(H,22,23). The van der Waals surface area contributed by atoms with Crippen molar-refractivity contribution in [3.05, 3.63) is 40.2 Å². The summed E-state index contributed by atoms with van der Waals surface area (Å²) in [6.07, 6.45) is -1.78. The minimum atomic E-state index is -4.63. The van der Waals surface area contributed by atoms with E-state index in [0.29, 0.717) is 18.1 Å². The quantitative estimate of drug-likeness (QED) is 0.475. The van der Waals surface area contributed by atoms with Gasteiger partial charge in [0.05, 0.1) is 18.4 Å². The summed E-state index contributed by atoms with van der Waals surface area (Å²) in [5.41, 5.74) is 2.04. The maximum atomic E-state index is 12.7. The van der Waals surface area contributed by atoms with E-state index in [9.17, 15) is 23.4 Å². The largest absolute Gasteiger partial charge is 0.501 e. The van der Waals surface area contributed by atoms with Gasteiger partial charge in [-0.05, 0) is 31.1 Å². The summed E-state index contributed by atoms with van der Waals surface area (Å²) in [6.45, 7) is 5.99. The minimum absolute atomic E-state index is 0.0970. The highest BCUT2D eigenvalue weighted by Gasteiger charge is 2.34. The van der Waals surface area contributed by atoms with Crippen molar-refractivity contribution in [2.45, 2.75) is 26.9 Å². The number of alkyl halides is 3. The first-order valence-corrected chi connectivity index (χ1v) is 8.32. The van der Waals surface area contributed by atoms with Crippen LogP contribution in [-0.2, 0) is 10.9 Å². The van der Waals surface area contributed by atoms with Gasteiger partial charge in [0.25, 0.3) is 0 Å². The second-order valence-electron chi connectivity index (χ2n) is 6.20. The van der Waals surface area contributed by atoms with Crippen LogP contribution in [0.3, 0.4) is 0 Å². The lowest BCUT2D eigenvalue weighted by Gasteiger charge is -2.12. The van der Waals surface area contributed by atoms with Crippen LogP contribution in [0.15, 0.2) is 18.4 Å². The Balaban J connectivity index is 2.27. The third kappa shape index (κ3) is 4.79. The lowest BCUT2D eigenvalue weighted by Crippen LogP contribution is -2.12. The molecule has 0 aliphatic rings. The number of halogens is 4. The summed E-state index contributed by atoms with van der Waals surface area (Å²) in [6, 6.07) is 1.78. The van der Waals surface area contributed by atoms with Gasteiger partial charge in [-0.25, -0.2) is 4.98 Å². The van der Waals surface area contributed by atoms with E-state index in [0.717, 1.165) is 16.8 Å². The van der Waals surface area contributed by atoms with Crippen LogP contribution in [0.25, 0.3) is 6.08 Å². The van der Waals surface area contributed by atoms with Crippen molar-refractivity contribution in [1.82, 2.24) is 9.66 Å². The fraction of sp³-hybridized carbons (Fsp3) is 0.353. The van der Waals surface area contributed by atoms with Crippen molar-refractivity contribution in [1.29, 1.82) is 0 Å². The molecular weight excluding hydrogens is 387 g/mol. The van der Waals surface area contributed by atoms with E-state index in [4.69, 9.17) is 16.3 Å². The molecule has 0 saturated carbocycles. The zero-order valence-corrected chi connectivity index (χ0v) is 15.6. The van der Waals surface area contributed by atoms with Gasteiger partial charge in [-0.1, -0.05) is 25.4 Å². The number of anilines is 1. The molecule has 0 saturated heterocycles. The van der Waals surface area contributed by atoms with Gasteiger partial charge in [0.15, 0.2) is 0 Å². The molecule has 2 rings (SSSR count). The molecule has 0 aromatic carbocycles. The van der Waals surface area contributed by atoms with Crippen LogP contribution in [0, 0.1) is 12.8 Å². The molecule has 6 nitrogen and oxygen atoms in total. The maximum Gasteiger partial charge on any atom is 0.419 e. The third-order valence-corrected chi connectivity index (χ3v) is 3.83. The molecule has 27 heavy (non-hydrogen) atoms. The van der Waals surface area contributed by atoms with E-state index < -0.39 is 16.9 Å². The normalized spacial score (nSPS) is 12.1. The summed E-state index contributed by atoms with van der Waals surface area (Å²) >= 11 is 5.57. The van der Waals surface area contributed by atoms with E-state index >= 15 is 0 Å². The molecule has 0 aliphatic carbocycles. The summed E-state index contributed by atoms with van der Waals surface area (Å²) in [4.78, 5) is 3.60. The average Bonchev–Trinajstić information content (AvgIpc) is 2.74. The number of rotatable bonds is 6. The van der Waals surface area contributed by atoms with Crippen molar-refractivity contribution in [2.24, 2.45) is 5.92 Å². The van der Waals surface area contributed by atoms with Gasteiger partial charge in [0.2, 0.25) is 11.8 Å². The number of hydrogen-bond donors (Lipinski definition) is 3. The van der Waals surface area contributed by atoms with E-state index in [-0.39, 0.29) is 23.1 Å². The molecule has 0 bridgehead atoms. The fourth-order valence-electron chi connectivity index (χ4n) is 2.17. The lowest BCUT2D eigenvalue weighted by molar-refractivity contribution is -0.137. The van der Waals surface area contributed by atoms with Gasteiger partial charge >= 0.3 is 6.18 Å². The highest BCUT2D eigenvalue weighted by atomic mass is 35.5. The van der Waals surface area contributed by atoms with E-state index in [1.54, 1.807) is 6.92 Å². The van der Waals surface area contributed by atoms with Crippen molar-refractivity contribution >= 4 is 23.5 Å². The smallest absolute Gasteiger partial charge is 0.419 e. The minimum Gasteiger partial charge on any atom is -0.501 e. The predicted octanol–water partition coefficient (Wildman–Crippen LogP) is 4.79. The second kappa shape index (κ2) is 7.99. The Labute approximate surface area is 158 Å². The van der Waals surface area contributed by atoms with Crippen LogP contribution in [0.4, 0.5) is 19.0 Å². The van der Waals surface area contributed by atoms with E-state index in [1.165, 1.54) is 12.3 Å². The van der Waals surface area contributed by atoms with Crippen LogP contribution in [-0.4, -0.2) is 26.5 Å². The Morgan fingerprint density at radius 3 is 2.52 bits per heavy atom. The van der Waals surface area contributed by atoms with E-state index in [1.807, 2.05) is 13.8 Å². The number of nitrogens with one attached hydrogen (secondary N) is 1. The van der Waals surface area contributed by atoms with Crippen LogP contribution >= 0.6 is 11.6 Å². The van der Waals surface area contributed by atoms with Crippen LogP contribution in [0.2, 0.25) is 5.15 Å². The average molecular weight is 406 g/mol. The Morgan fingerprint density at radius 1 is 1.30 bits per heavy atom. The molecule has 2 aromatic rings. The molecule has 0 radical (unpaired) electrons. The predicted molar refractivity (Wildman–Crippen MR) is 95.6 cm³/mol. The van der Waals surface area contributed by atoms with Crippen LogP contribution in [0.5, 0.6) is 11.8 Å². The van der Waals surface area contributed by atoms with E-state index in [2.05, 4.69) is 10.4 Å². The number of aromatic nitrogens is 2. The Bertz CT molecular complexity index is 848. The molecule has 3 N–H and O–H groups in total. The number of pyridine rings is 1. The summed E-state index contributed by atoms with van der Waals surface area (Å²) in [5.74, 6) is -0.485. The van der Waals surface area contributed by atoms with Gasteiger partial charge in [-0.2, -0.15) is 17.8 Å². The molecule has 10 heteroatoms. The van der Waals surface area contributed by atoms with Crippen molar-refractivity contribution in [3.63, 3.8) is 0 Å².